The van der Waals surface area contributed by atoms with E-state index in [4.69, 9.17) is 31.2 Å². The van der Waals surface area contributed by atoms with Gasteiger partial charge in [-0.25, -0.2) is 0 Å². The van der Waals surface area contributed by atoms with Crippen molar-refractivity contribution in [3.8, 4) is 23.0 Å². The third-order valence-electron chi connectivity index (χ3n) is 4.27. The minimum absolute atomic E-state index is 0.167. The first-order chi connectivity index (χ1) is 13.2. The normalized spacial score (nSPS) is 19.1. The molecular formula is C19H13NO5S2. The van der Waals surface area contributed by atoms with Crippen LogP contribution in [0.3, 0.4) is 0 Å². The Morgan fingerprint density at radius 1 is 0.926 bits per heavy atom. The SMILES string of the molecule is O=C1C(=Cc2ccc3c(c2)OCO3)SC(=S)N1c1ccc2c(c1)OCCO2. The summed E-state index contributed by atoms with van der Waals surface area (Å²) in [6.45, 7) is 1.22. The molecule has 27 heavy (non-hydrogen) atoms. The summed E-state index contributed by atoms with van der Waals surface area (Å²) >= 11 is 6.70. The Kier molecular flexibility index (Phi) is 3.95. The quantitative estimate of drug-likeness (QED) is 0.565. The van der Waals surface area contributed by atoms with E-state index in [-0.39, 0.29) is 12.7 Å². The zero-order chi connectivity index (χ0) is 18.4. The molecule has 1 fully saturated rings. The lowest BCUT2D eigenvalue weighted by Gasteiger charge is -2.21. The molecule has 0 radical (unpaired) electrons. The molecule has 0 aliphatic carbocycles. The van der Waals surface area contributed by atoms with Crippen LogP contribution >= 0.6 is 24.0 Å². The number of carbonyl (C=O) groups is 1. The molecule has 3 heterocycles. The maximum absolute atomic E-state index is 12.9. The van der Waals surface area contributed by atoms with Gasteiger partial charge in [-0.1, -0.05) is 30.0 Å². The van der Waals surface area contributed by atoms with Crippen LogP contribution in [0.25, 0.3) is 6.08 Å². The number of hydrogen-bond donors (Lipinski definition) is 0. The van der Waals surface area contributed by atoms with Gasteiger partial charge in [0.15, 0.2) is 27.3 Å². The van der Waals surface area contributed by atoms with Crippen molar-refractivity contribution < 1.29 is 23.7 Å². The highest BCUT2D eigenvalue weighted by molar-refractivity contribution is 8.27. The van der Waals surface area contributed by atoms with E-state index < -0.39 is 0 Å². The van der Waals surface area contributed by atoms with Crippen molar-refractivity contribution in [3.63, 3.8) is 0 Å². The molecule has 1 saturated heterocycles. The van der Waals surface area contributed by atoms with Crippen LogP contribution in [0.15, 0.2) is 41.3 Å². The zero-order valence-corrected chi connectivity index (χ0v) is 15.6. The molecule has 2 aromatic rings. The fourth-order valence-electron chi connectivity index (χ4n) is 3.02. The smallest absolute Gasteiger partial charge is 0.270 e. The Morgan fingerprint density at radius 3 is 2.52 bits per heavy atom. The van der Waals surface area contributed by atoms with Crippen LogP contribution < -0.4 is 23.8 Å². The number of carbonyl (C=O) groups excluding carboxylic acids is 1. The van der Waals surface area contributed by atoms with Gasteiger partial charge in [-0.3, -0.25) is 9.69 Å². The summed E-state index contributed by atoms with van der Waals surface area (Å²) in [5, 5.41) is 0. The first-order valence-electron chi connectivity index (χ1n) is 8.26. The monoisotopic (exact) mass is 399 g/mol. The van der Waals surface area contributed by atoms with Crippen LogP contribution in [0.1, 0.15) is 5.56 Å². The molecule has 0 bridgehead atoms. The van der Waals surface area contributed by atoms with Crippen LogP contribution in [-0.2, 0) is 4.79 Å². The number of ether oxygens (including phenoxy) is 4. The van der Waals surface area contributed by atoms with Gasteiger partial charge >= 0.3 is 0 Å². The van der Waals surface area contributed by atoms with Crippen LogP contribution in [0, 0.1) is 0 Å². The lowest BCUT2D eigenvalue weighted by Crippen LogP contribution is -2.27. The third kappa shape index (κ3) is 2.90. The average Bonchev–Trinajstić information content (AvgIpc) is 3.25. The van der Waals surface area contributed by atoms with Gasteiger partial charge in [0.25, 0.3) is 5.91 Å². The van der Waals surface area contributed by atoms with Gasteiger partial charge in [0.1, 0.15) is 13.2 Å². The lowest BCUT2D eigenvalue weighted by atomic mass is 10.2. The van der Waals surface area contributed by atoms with Crippen LogP contribution in [0.2, 0.25) is 0 Å². The summed E-state index contributed by atoms with van der Waals surface area (Å²) in [6.07, 6.45) is 1.80. The number of nitrogens with zero attached hydrogens (tertiary/aromatic N) is 1. The molecule has 136 valence electrons. The first-order valence-corrected chi connectivity index (χ1v) is 9.49. The highest BCUT2D eigenvalue weighted by Crippen LogP contribution is 2.41. The molecule has 6 nitrogen and oxygen atoms in total. The fraction of sp³-hybridized carbons (Fsp3) is 0.158. The number of rotatable bonds is 2. The largest absolute Gasteiger partial charge is 0.486 e. The Bertz CT molecular complexity index is 1000. The van der Waals surface area contributed by atoms with Gasteiger partial charge in [-0.05, 0) is 35.9 Å². The van der Waals surface area contributed by atoms with E-state index in [0.29, 0.717) is 51.1 Å². The molecule has 2 aromatic carbocycles. The third-order valence-corrected chi connectivity index (χ3v) is 5.57. The Labute approximate surface area is 164 Å². The van der Waals surface area contributed by atoms with Crippen molar-refractivity contribution in [1.82, 2.24) is 0 Å². The molecule has 0 aromatic heterocycles. The Balaban J connectivity index is 1.45. The molecule has 1 amide bonds. The molecule has 0 unspecified atom stereocenters. The predicted molar refractivity (Wildman–Crippen MR) is 106 cm³/mol. The van der Waals surface area contributed by atoms with Crippen LogP contribution in [-0.4, -0.2) is 30.2 Å². The highest BCUT2D eigenvalue weighted by atomic mass is 32.2. The number of thiocarbonyl (C=S) groups is 1. The molecule has 0 atom stereocenters. The van der Waals surface area contributed by atoms with Crippen LogP contribution in [0.5, 0.6) is 23.0 Å². The number of thioether (sulfide) groups is 1. The van der Waals surface area contributed by atoms with Gasteiger partial charge < -0.3 is 18.9 Å². The first kappa shape index (κ1) is 16.5. The second-order valence-electron chi connectivity index (χ2n) is 5.96. The summed E-state index contributed by atoms with van der Waals surface area (Å²) < 4.78 is 22.3. The average molecular weight is 399 g/mol. The number of anilines is 1. The standard InChI is InChI=1S/C19H13NO5S2/c21-18-17(8-11-1-3-14-15(7-11)25-10-24-14)27-19(26)20(18)12-2-4-13-16(9-12)23-6-5-22-13/h1-4,7-9H,5-6,10H2. The molecule has 3 aliphatic heterocycles. The van der Waals surface area contributed by atoms with E-state index in [1.165, 1.54) is 16.7 Å². The highest BCUT2D eigenvalue weighted by Gasteiger charge is 2.34. The maximum atomic E-state index is 12.9. The number of amides is 1. The molecule has 5 rings (SSSR count). The predicted octanol–water partition coefficient (Wildman–Crippen LogP) is 3.59. The molecule has 3 aliphatic rings. The van der Waals surface area contributed by atoms with Crippen molar-refractivity contribution >= 4 is 46.0 Å². The molecular weight excluding hydrogens is 386 g/mol. The van der Waals surface area contributed by atoms with Gasteiger partial charge in [-0.15, -0.1) is 0 Å². The second-order valence-corrected chi connectivity index (χ2v) is 7.63. The minimum Gasteiger partial charge on any atom is -0.486 e. The van der Waals surface area contributed by atoms with Gasteiger partial charge in [0.05, 0.1) is 10.6 Å². The molecule has 0 N–H and O–H groups in total. The van der Waals surface area contributed by atoms with Crippen LogP contribution in [0.4, 0.5) is 5.69 Å². The maximum Gasteiger partial charge on any atom is 0.270 e. The minimum atomic E-state index is -0.167. The number of fused-ring (bicyclic) bond motifs is 2. The van der Waals surface area contributed by atoms with E-state index in [1.807, 2.05) is 24.3 Å². The second kappa shape index (κ2) is 6.47. The molecule has 0 saturated carbocycles. The molecule has 0 spiro atoms. The van der Waals surface area contributed by atoms with E-state index in [2.05, 4.69) is 0 Å². The van der Waals surface area contributed by atoms with Crippen molar-refractivity contribution in [2.24, 2.45) is 0 Å². The Hall–Kier alpha value is -2.71. The van der Waals surface area contributed by atoms with Crippen molar-refractivity contribution in [1.29, 1.82) is 0 Å². The van der Waals surface area contributed by atoms with E-state index >= 15 is 0 Å². The summed E-state index contributed by atoms with van der Waals surface area (Å²) in [6, 6.07) is 10.9. The number of hydrogen-bond acceptors (Lipinski definition) is 7. The summed E-state index contributed by atoms with van der Waals surface area (Å²) in [4.78, 5) is 15.0. The van der Waals surface area contributed by atoms with Gasteiger partial charge in [-0.2, -0.15) is 0 Å². The summed E-state index contributed by atoms with van der Waals surface area (Å²) in [7, 11) is 0. The topological polar surface area (TPSA) is 57.2 Å². The van der Waals surface area contributed by atoms with Crippen molar-refractivity contribution in [2.45, 2.75) is 0 Å². The van der Waals surface area contributed by atoms with Gasteiger partial charge in [0, 0.05) is 6.07 Å². The zero-order valence-electron chi connectivity index (χ0n) is 14.0. The lowest BCUT2D eigenvalue weighted by molar-refractivity contribution is -0.113. The van der Waals surface area contributed by atoms with E-state index in [1.54, 1.807) is 18.2 Å². The van der Waals surface area contributed by atoms with E-state index in [9.17, 15) is 4.79 Å². The fourth-order valence-corrected chi connectivity index (χ4v) is 4.31. The van der Waals surface area contributed by atoms with Crippen molar-refractivity contribution in [2.75, 3.05) is 24.9 Å². The summed E-state index contributed by atoms with van der Waals surface area (Å²) in [5.41, 5.74) is 1.51. The summed E-state index contributed by atoms with van der Waals surface area (Å²) in [5.74, 6) is 2.50. The van der Waals surface area contributed by atoms with Crippen molar-refractivity contribution in [3.05, 3.63) is 46.9 Å². The molecule has 8 heteroatoms. The number of benzene rings is 2. The van der Waals surface area contributed by atoms with Gasteiger partial charge in [0.2, 0.25) is 6.79 Å². The Morgan fingerprint density at radius 2 is 1.63 bits per heavy atom. The van der Waals surface area contributed by atoms with E-state index in [0.717, 1.165) is 5.56 Å².